The second-order valence-electron chi connectivity index (χ2n) is 5.43. The van der Waals surface area contributed by atoms with Crippen molar-refractivity contribution in [2.75, 3.05) is 13.2 Å². The molecular weight excluding hydrogens is 432 g/mol. The summed E-state index contributed by atoms with van der Waals surface area (Å²) in [5.74, 6) is 0.160. The van der Waals surface area contributed by atoms with E-state index in [2.05, 4.69) is 22.2 Å². The molecule has 0 aliphatic carbocycles. The zero-order valence-electron chi connectivity index (χ0n) is 12.6. The minimum absolute atomic E-state index is 0. The molecule has 1 aromatic carbocycles. The molecule has 0 amide bonds. The van der Waals surface area contributed by atoms with Crippen LogP contribution in [0.15, 0.2) is 30.9 Å². The van der Waals surface area contributed by atoms with Crippen LogP contribution in [0.3, 0.4) is 0 Å². The summed E-state index contributed by atoms with van der Waals surface area (Å²) < 4.78 is 7.83. The van der Waals surface area contributed by atoms with E-state index in [9.17, 15) is 5.11 Å². The van der Waals surface area contributed by atoms with Crippen LogP contribution >= 0.6 is 0 Å². The van der Waals surface area contributed by atoms with E-state index in [4.69, 9.17) is 4.74 Å². The van der Waals surface area contributed by atoms with Crippen LogP contribution in [0.1, 0.15) is 17.5 Å². The molecule has 2 atom stereocenters. The van der Waals surface area contributed by atoms with Crippen molar-refractivity contribution in [2.24, 2.45) is 5.92 Å². The molecule has 22 heavy (non-hydrogen) atoms. The molecule has 1 aliphatic rings. The van der Waals surface area contributed by atoms with E-state index in [0.717, 1.165) is 12.0 Å². The van der Waals surface area contributed by atoms with E-state index in [0.29, 0.717) is 13.2 Å². The van der Waals surface area contributed by atoms with E-state index in [1.165, 1.54) is 11.9 Å². The van der Waals surface area contributed by atoms with Crippen molar-refractivity contribution in [3.05, 3.63) is 48.0 Å². The van der Waals surface area contributed by atoms with Crippen LogP contribution in [0.5, 0.6) is 0 Å². The molecule has 1 N–H and O–H groups in total. The first-order valence-electron chi connectivity index (χ1n) is 6.78. The summed E-state index contributed by atoms with van der Waals surface area (Å²) in [4.78, 5) is 3.98. The van der Waals surface area contributed by atoms with Crippen LogP contribution in [0, 0.1) is 18.9 Å². The molecule has 0 spiro atoms. The summed E-state index contributed by atoms with van der Waals surface area (Å²) >= 11 is 0. The third kappa shape index (κ3) is 4.52. The summed E-state index contributed by atoms with van der Waals surface area (Å²) in [6.07, 6.45) is 3.97. The van der Waals surface area contributed by atoms with Crippen molar-refractivity contribution in [1.29, 1.82) is 0 Å². The molecule has 3 rings (SSSR count). The number of ether oxygens (including phenoxy) is 1. The summed E-state index contributed by atoms with van der Waals surface area (Å²) in [6.45, 7) is 3.33. The summed E-state index contributed by atoms with van der Waals surface area (Å²) in [6, 6.07) is 9.38. The Kier molecular flexibility index (Phi) is 8.49. The summed E-state index contributed by atoms with van der Waals surface area (Å²) in [7, 11) is 0. The average molecular weight is 450 g/mol. The fourth-order valence-electron chi connectivity index (χ4n) is 2.72. The third-order valence-electron chi connectivity index (χ3n) is 3.82. The van der Waals surface area contributed by atoms with Gasteiger partial charge in [0.1, 0.15) is 12.7 Å². The number of rotatable bonds is 4. The van der Waals surface area contributed by atoms with Gasteiger partial charge in [-0.05, 0) is 6.42 Å². The molecule has 0 bridgehead atoms. The van der Waals surface area contributed by atoms with Gasteiger partial charge in [-0.15, -0.1) is 5.56 Å². The van der Waals surface area contributed by atoms with Gasteiger partial charge in [0.05, 0.1) is 18.8 Å². The van der Waals surface area contributed by atoms with Crippen molar-refractivity contribution in [3.8, 4) is 0 Å². The maximum absolute atomic E-state index is 9.39. The van der Waals surface area contributed by atoms with Gasteiger partial charge in [-0.1, -0.05) is 6.92 Å². The first kappa shape index (κ1) is 20.5. The van der Waals surface area contributed by atoms with Crippen LogP contribution in [0.4, 0.5) is 0 Å². The molecule has 1 aliphatic heterocycles. The van der Waals surface area contributed by atoms with Crippen LogP contribution in [-0.2, 0) is 82.3 Å². The van der Waals surface area contributed by atoms with E-state index in [-0.39, 0.29) is 77.9 Å². The monoisotopic (exact) mass is 450 g/mol. The Balaban J connectivity index is 0.00000121. The molecular formula is C15H18N3O2Y2-. The van der Waals surface area contributed by atoms with Crippen molar-refractivity contribution in [2.45, 2.75) is 25.5 Å². The first-order chi connectivity index (χ1) is 9.72. The van der Waals surface area contributed by atoms with Gasteiger partial charge in [0, 0.05) is 77.9 Å². The van der Waals surface area contributed by atoms with Crippen molar-refractivity contribution >= 4 is 0 Å². The molecule has 1 fully saturated rings. The van der Waals surface area contributed by atoms with Crippen molar-refractivity contribution in [1.82, 2.24) is 14.8 Å². The van der Waals surface area contributed by atoms with Gasteiger partial charge in [0.25, 0.3) is 0 Å². The van der Waals surface area contributed by atoms with Crippen LogP contribution in [-0.4, -0.2) is 33.1 Å². The fraction of sp³-hybridized carbons (Fsp3) is 0.467. The summed E-state index contributed by atoms with van der Waals surface area (Å²) in [5, 5.41) is 13.6. The van der Waals surface area contributed by atoms with Crippen LogP contribution < -0.4 is 0 Å². The van der Waals surface area contributed by atoms with E-state index >= 15 is 0 Å². The van der Waals surface area contributed by atoms with Gasteiger partial charge in [-0.2, -0.15) is 34.9 Å². The second-order valence-corrected chi connectivity index (χ2v) is 5.43. The van der Waals surface area contributed by atoms with Crippen LogP contribution in [0.2, 0.25) is 0 Å². The second kappa shape index (κ2) is 9.10. The molecule has 2 radical (unpaired) electrons. The Labute approximate surface area is 181 Å². The maximum atomic E-state index is 9.39. The number of aliphatic hydroxyl groups is 1. The zero-order valence-corrected chi connectivity index (χ0v) is 18.3. The van der Waals surface area contributed by atoms with Crippen molar-refractivity contribution < 1.29 is 75.3 Å². The van der Waals surface area contributed by atoms with E-state index < -0.39 is 5.60 Å². The van der Waals surface area contributed by atoms with E-state index in [1.54, 1.807) is 11.0 Å². The number of nitrogens with zero attached hydrogens (tertiary/aromatic N) is 3. The minimum atomic E-state index is -0.477. The van der Waals surface area contributed by atoms with E-state index in [1.807, 2.05) is 19.1 Å². The Hall–Kier alpha value is 0.488. The predicted octanol–water partition coefficient (Wildman–Crippen LogP) is 1.31. The number of hydrogen-bond donors (Lipinski definition) is 1. The number of benzene rings is 1. The quantitative estimate of drug-likeness (QED) is 0.715. The topological polar surface area (TPSA) is 60.2 Å². The normalized spacial score (nSPS) is 23.6. The summed E-state index contributed by atoms with van der Waals surface area (Å²) in [5.41, 5.74) is 1.70. The van der Waals surface area contributed by atoms with Gasteiger partial charge < -0.3 is 9.84 Å². The van der Waals surface area contributed by atoms with Gasteiger partial charge in [0.2, 0.25) is 0 Å². The van der Waals surface area contributed by atoms with Gasteiger partial charge >= 0.3 is 0 Å². The van der Waals surface area contributed by atoms with Crippen molar-refractivity contribution in [3.63, 3.8) is 0 Å². The Bertz CT molecular complexity index is 563. The maximum Gasteiger partial charge on any atom is 0.137 e. The smallest absolute Gasteiger partial charge is 0.137 e. The predicted molar refractivity (Wildman–Crippen MR) is 72.9 cm³/mol. The molecule has 1 saturated heterocycles. The number of aryl methyl sites for hydroxylation is 1. The van der Waals surface area contributed by atoms with Gasteiger partial charge in [-0.3, -0.25) is 0 Å². The zero-order chi connectivity index (χ0) is 14.0. The minimum Gasteiger partial charge on any atom is -0.396 e. The molecule has 112 valence electrons. The Morgan fingerprint density at radius 1 is 1.45 bits per heavy atom. The average Bonchev–Trinajstić information content (AvgIpc) is 3.10. The molecule has 1 aromatic heterocycles. The number of hydrogen-bond acceptors (Lipinski definition) is 4. The molecule has 2 heterocycles. The third-order valence-corrected chi connectivity index (χ3v) is 3.82. The standard InChI is InChI=1S/C15H18N3O2.2Y/c1-12-2-4-14(5-3-12)15(6-13(7-19)8-20-15)9-18-11-16-10-17-18;;/h2-4,10-11,13,19H,6-9H2,1H3;;/q-1;;. The fourth-order valence-corrected chi connectivity index (χ4v) is 2.72. The van der Waals surface area contributed by atoms with Gasteiger partial charge in [0.15, 0.2) is 0 Å². The van der Waals surface area contributed by atoms with Gasteiger partial charge in [-0.25, -0.2) is 9.67 Å². The molecule has 5 nitrogen and oxygen atoms in total. The number of aromatic nitrogens is 3. The molecule has 2 aromatic rings. The Morgan fingerprint density at radius 3 is 2.82 bits per heavy atom. The number of aliphatic hydroxyl groups excluding tert-OH is 1. The van der Waals surface area contributed by atoms with Crippen LogP contribution in [0.25, 0.3) is 0 Å². The first-order valence-corrected chi connectivity index (χ1v) is 6.78. The Morgan fingerprint density at radius 2 is 2.27 bits per heavy atom. The molecule has 2 unspecified atom stereocenters. The largest absolute Gasteiger partial charge is 0.396 e. The SMILES string of the molecule is Cc1c[c-]c(C2(Cn3cncn3)CC(CO)CO2)cc1.[Y].[Y]. The molecule has 0 saturated carbocycles. The molecule has 7 heteroatoms.